The third-order valence-electron chi connectivity index (χ3n) is 12.9. The molecule has 5 aliphatic rings. The van der Waals surface area contributed by atoms with Crippen LogP contribution in [0.25, 0.3) is 11.0 Å². The number of nitrogens with two attached hydrogens (primary N) is 1. The molecular weight excluding hydrogens is 739 g/mol. The number of nitrogens with one attached hydrogen (secondary N) is 2. The molecule has 16 heteroatoms. The maximum Gasteiger partial charge on any atom is 0.320 e. The number of piperidine rings is 3. The number of fused-ring (bicyclic) bond motifs is 1. The van der Waals surface area contributed by atoms with Crippen molar-refractivity contribution < 1.29 is 23.7 Å². The van der Waals surface area contributed by atoms with Gasteiger partial charge in [0, 0.05) is 70.7 Å². The number of carbonyl (C=O) groups is 4. The fourth-order valence-electron chi connectivity index (χ4n) is 9.67. The number of rotatable bonds is 10. The van der Waals surface area contributed by atoms with Crippen LogP contribution in [0.3, 0.4) is 0 Å². The Morgan fingerprint density at radius 3 is 2.52 bits per heavy atom. The van der Waals surface area contributed by atoms with Gasteiger partial charge in [0.15, 0.2) is 17.1 Å². The van der Waals surface area contributed by atoms with Crippen molar-refractivity contribution in [2.75, 3.05) is 81.1 Å². The normalized spacial score (nSPS) is 23.6. The molecule has 304 valence electrons. The summed E-state index contributed by atoms with van der Waals surface area (Å²) in [7, 11) is 1.84. The first kappa shape index (κ1) is 37.8. The minimum Gasteiger partial charge on any atom is -0.371 e. The van der Waals surface area contributed by atoms with Crippen LogP contribution in [0.1, 0.15) is 78.5 Å². The van der Waals surface area contributed by atoms with Crippen molar-refractivity contribution in [3.8, 4) is 0 Å². The fourth-order valence-corrected chi connectivity index (χ4v) is 9.67. The number of nitrogens with zero attached hydrogens (tertiary/aromatic N) is 8. The Hall–Kier alpha value is -5.77. The molecule has 0 bridgehead atoms. The number of imide groups is 1. The van der Waals surface area contributed by atoms with Crippen LogP contribution in [0.4, 0.5) is 27.8 Å². The zero-order valence-electron chi connectivity index (χ0n) is 32.9. The minimum absolute atomic E-state index is 0.0685. The molecular formula is C42H51N11O5. The zero-order chi connectivity index (χ0) is 39.9. The molecule has 5 amide bonds. The summed E-state index contributed by atoms with van der Waals surface area (Å²) in [6.45, 7) is 7.87. The van der Waals surface area contributed by atoms with Crippen molar-refractivity contribution >= 4 is 57.7 Å². The Morgan fingerprint density at radius 1 is 0.931 bits per heavy atom. The monoisotopic (exact) mass is 789 g/mol. The van der Waals surface area contributed by atoms with Gasteiger partial charge in [0.05, 0.1) is 23.5 Å². The number of amides is 5. The van der Waals surface area contributed by atoms with Crippen LogP contribution < -0.4 is 26.2 Å². The van der Waals surface area contributed by atoms with Gasteiger partial charge in [-0.15, -0.1) is 0 Å². The first-order valence-corrected chi connectivity index (χ1v) is 20.7. The standard InChI is InChI=1S/C42H51N11O5/c1-49-20-21-53(42(49)57)30-4-3-16-52(25-30)34-22-44-38(39(43)55)40(46-34)45-29-9-7-27(8-10-29)28-14-17-50(18-15-28)23-26-13-19-51(24-26)32-5-2-6-33-36(32)37(48-58-33)31-11-12-35(54)47-41(31)56/h2,5-10,22,26,28,30-31H,3-4,11-21,23-25H2,1H3,(H2,43,55)(H,45,46)(H,47,54,56)/t26?,30-,31?/m1/s1. The van der Waals surface area contributed by atoms with Gasteiger partial charge in [0.1, 0.15) is 11.5 Å². The Balaban J connectivity index is 0.795. The molecule has 58 heavy (non-hydrogen) atoms. The van der Waals surface area contributed by atoms with Crippen molar-refractivity contribution in [3.63, 3.8) is 0 Å². The van der Waals surface area contributed by atoms with Crippen LogP contribution in [0.2, 0.25) is 0 Å². The summed E-state index contributed by atoms with van der Waals surface area (Å²) in [5.41, 5.74) is 10.2. The van der Waals surface area contributed by atoms with Crippen LogP contribution in [0, 0.1) is 5.92 Å². The highest BCUT2D eigenvalue weighted by Gasteiger charge is 2.36. The summed E-state index contributed by atoms with van der Waals surface area (Å²) in [6, 6.07) is 14.5. The first-order valence-electron chi connectivity index (χ1n) is 20.7. The number of hydrogen-bond acceptors (Lipinski definition) is 12. The van der Waals surface area contributed by atoms with E-state index in [1.165, 1.54) is 5.56 Å². The quantitative estimate of drug-likeness (QED) is 0.196. The van der Waals surface area contributed by atoms with E-state index < -0.39 is 11.8 Å². The molecule has 5 saturated heterocycles. The highest BCUT2D eigenvalue weighted by molar-refractivity contribution is 6.04. The molecule has 9 rings (SSSR count). The van der Waals surface area contributed by atoms with Gasteiger partial charge in [0.2, 0.25) is 11.8 Å². The van der Waals surface area contributed by atoms with E-state index in [9.17, 15) is 19.2 Å². The van der Waals surface area contributed by atoms with Crippen molar-refractivity contribution in [1.82, 2.24) is 35.1 Å². The highest BCUT2D eigenvalue weighted by atomic mass is 16.5. The van der Waals surface area contributed by atoms with Gasteiger partial charge in [-0.1, -0.05) is 23.4 Å². The molecule has 3 atom stereocenters. The van der Waals surface area contributed by atoms with Crippen LogP contribution in [-0.2, 0) is 9.59 Å². The third-order valence-corrected chi connectivity index (χ3v) is 12.9. The molecule has 0 radical (unpaired) electrons. The molecule has 16 nitrogen and oxygen atoms in total. The van der Waals surface area contributed by atoms with Crippen molar-refractivity contribution in [2.24, 2.45) is 11.7 Å². The number of carbonyl (C=O) groups excluding carboxylic acids is 4. The van der Waals surface area contributed by atoms with Crippen LogP contribution in [-0.4, -0.2) is 126 Å². The lowest BCUT2D eigenvalue weighted by atomic mass is 9.89. The molecule has 2 aromatic carbocycles. The summed E-state index contributed by atoms with van der Waals surface area (Å²) in [6.07, 6.45) is 7.45. The lowest BCUT2D eigenvalue weighted by molar-refractivity contribution is -0.134. The number of primary amides is 1. The molecule has 5 aliphatic heterocycles. The Kier molecular flexibility index (Phi) is 10.3. The second-order valence-electron chi connectivity index (χ2n) is 16.6. The average molecular weight is 790 g/mol. The third kappa shape index (κ3) is 7.52. The summed E-state index contributed by atoms with van der Waals surface area (Å²) in [5, 5.41) is 11.0. The van der Waals surface area contributed by atoms with Crippen LogP contribution >= 0.6 is 0 Å². The number of urea groups is 1. The molecule has 4 aromatic rings. The van der Waals surface area contributed by atoms with E-state index in [-0.39, 0.29) is 29.6 Å². The fraction of sp³-hybridized carbons (Fsp3) is 0.500. The first-order chi connectivity index (χ1) is 28.2. The SMILES string of the molecule is CN1CCN([C@@H]2CCCN(c3cnc(C(N)=O)c(Nc4ccc(C5CCN(CC6CCN(c7cccc8onc(C9CCC(=O)NC9=O)c78)C6)CC5)cc4)n3)C2)C1=O. The lowest BCUT2D eigenvalue weighted by Gasteiger charge is -2.37. The molecule has 0 aliphatic carbocycles. The van der Waals surface area contributed by atoms with Crippen LogP contribution in [0.15, 0.2) is 53.2 Å². The largest absolute Gasteiger partial charge is 0.371 e. The zero-order valence-corrected chi connectivity index (χ0v) is 32.9. The second kappa shape index (κ2) is 15.9. The Bertz CT molecular complexity index is 2200. The Morgan fingerprint density at radius 2 is 1.76 bits per heavy atom. The van der Waals surface area contributed by atoms with E-state index in [2.05, 4.69) is 53.7 Å². The lowest BCUT2D eigenvalue weighted by Crippen LogP contribution is -2.49. The molecule has 0 saturated carbocycles. The average Bonchev–Trinajstić information content (AvgIpc) is 3.97. The summed E-state index contributed by atoms with van der Waals surface area (Å²) in [5.74, 6) is 0.266. The van der Waals surface area contributed by atoms with E-state index in [1.54, 1.807) is 11.1 Å². The number of likely N-dealkylation sites (tertiary alicyclic amines) is 1. The number of likely N-dealkylation sites (N-methyl/N-ethyl adjacent to an activating group) is 1. The van der Waals surface area contributed by atoms with Crippen molar-refractivity contribution in [3.05, 3.63) is 65.6 Å². The maximum absolute atomic E-state index is 12.7. The van der Waals surface area contributed by atoms with Gasteiger partial charge < -0.3 is 40.1 Å². The molecule has 2 aromatic heterocycles. The van der Waals surface area contributed by atoms with E-state index in [0.717, 1.165) is 101 Å². The summed E-state index contributed by atoms with van der Waals surface area (Å²) >= 11 is 0. The van der Waals surface area contributed by atoms with Crippen LogP contribution in [0.5, 0.6) is 0 Å². The van der Waals surface area contributed by atoms with Gasteiger partial charge in [-0.2, -0.15) is 0 Å². The number of benzene rings is 2. The number of anilines is 4. The van der Waals surface area contributed by atoms with Gasteiger partial charge in [0.25, 0.3) is 5.91 Å². The minimum atomic E-state index is -0.649. The van der Waals surface area contributed by atoms with Crippen molar-refractivity contribution in [1.29, 1.82) is 0 Å². The summed E-state index contributed by atoms with van der Waals surface area (Å²) < 4.78 is 5.68. The second-order valence-corrected chi connectivity index (χ2v) is 16.6. The number of aromatic nitrogens is 3. The number of hydrogen-bond donors (Lipinski definition) is 3. The Labute approximate surface area is 337 Å². The highest BCUT2D eigenvalue weighted by Crippen LogP contribution is 2.39. The molecule has 4 N–H and O–H groups in total. The van der Waals surface area contributed by atoms with E-state index in [4.69, 9.17) is 15.2 Å². The molecule has 2 unspecified atom stereocenters. The maximum atomic E-state index is 12.7. The smallest absolute Gasteiger partial charge is 0.320 e. The van der Waals surface area contributed by atoms with E-state index in [1.807, 2.05) is 36.2 Å². The summed E-state index contributed by atoms with van der Waals surface area (Å²) in [4.78, 5) is 69.7. The van der Waals surface area contributed by atoms with E-state index >= 15 is 0 Å². The van der Waals surface area contributed by atoms with Crippen molar-refractivity contribution in [2.45, 2.75) is 62.8 Å². The topological polar surface area (TPSA) is 186 Å². The predicted octanol–water partition coefficient (Wildman–Crippen LogP) is 4.02. The molecule has 0 spiro atoms. The molecule has 7 heterocycles. The molecule has 5 fully saturated rings. The van der Waals surface area contributed by atoms with E-state index in [0.29, 0.717) is 54.1 Å². The van der Waals surface area contributed by atoms with Gasteiger partial charge >= 0.3 is 6.03 Å². The predicted molar refractivity (Wildman–Crippen MR) is 218 cm³/mol. The van der Waals surface area contributed by atoms with Gasteiger partial charge in [-0.05, 0) is 93.3 Å². The van der Waals surface area contributed by atoms with Gasteiger partial charge in [-0.3, -0.25) is 19.7 Å². The van der Waals surface area contributed by atoms with Gasteiger partial charge in [-0.25, -0.2) is 14.8 Å².